The number of thiophene rings is 1. The summed E-state index contributed by atoms with van der Waals surface area (Å²) in [7, 11) is 0. The first-order valence-electron chi connectivity index (χ1n) is 8.14. The number of aryl methyl sites for hydroxylation is 1. The van der Waals surface area contributed by atoms with E-state index in [1.165, 1.54) is 25.2 Å². The molecule has 2 aromatic rings. The maximum atomic E-state index is 12.4. The fraction of sp³-hybridized carbons (Fsp3) is 0.263. The molecule has 0 saturated carbocycles. The number of carbonyl (C=O) groups is 4. The minimum atomic E-state index is -0.663. The third-order valence-electron chi connectivity index (χ3n) is 3.74. The zero-order chi connectivity index (χ0) is 20.1. The number of ketones is 1. The van der Waals surface area contributed by atoms with E-state index in [0.29, 0.717) is 21.8 Å². The fourth-order valence-electron chi connectivity index (χ4n) is 2.35. The minimum absolute atomic E-state index is 0.209. The molecule has 0 saturated heterocycles. The van der Waals surface area contributed by atoms with E-state index in [0.717, 1.165) is 4.88 Å². The molecule has 0 radical (unpaired) electrons. The Bertz CT molecular complexity index is 900. The van der Waals surface area contributed by atoms with E-state index in [9.17, 15) is 19.2 Å². The smallest absolute Gasteiger partial charge is 0.341 e. The van der Waals surface area contributed by atoms with E-state index >= 15 is 0 Å². The normalized spacial score (nSPS) is 10.2. The van der Waals surface area contributed by atoms with Gasteiger partial charge in [-0.1, -0.05) is 0 Å². The molecule has 0 aliphatic heterocycles. The van der Waals surface area contributed by atoms with Crippen LogP contribution in [0, 0.1) is 13.8 Å². The molecular formula is C19H20N2O5S. The molecule has 0 fully saturated rings. The predicted octanol–water partition coefficient (Wildman–Crippen LogP) is 3.32. The molecule has 27 heavy (non-hydrogen) atoms. The second-order valence-electron chi connectivity index (χ2n) is 5.93. The topological polar surface area (TPSA) is 102 Å². The van der Waals surface area contributed by atoms with E-state index in [-0.39, 0.29) is 23.2 Å². The van der Waals surface area contributed by atoms with Crippen molar-refractivity contribution < 1.29 is 23.9 Å². The number of Topliss-reactive ketones (excluding diaryl/α,β-unsaturated/α-hetero) is 1. The van der Waals surface area contributed by atoms with Gasteiger partial charge in [0.15, 0.2) is 12.4 Å². The molecule has 7 nitrogen and oxygen atoms in total. The molecule has 2 rings (SSSR count). The van der Waals surface area contributed by atoms with Gasteiger partial charge in [0.05, 0.1) is 5.56 Å². The van der Waals surface area contributed by atoms with Crippen molar-refractivity contribution in [3.63, 3.8) is 0 Å². The van der Waals surface area contributed by atoms with Gasteiger partial charge in [-0.3, -0.25) is 14.4 Å². The van der Waals surface area contributed by atoms with E-state index in [1.54, 1.807) is 31.2 Å². The van der Waals surface area contributed by atoms with Gasteiger partial charge in [-0.15, -0.1) is 11.3 Å². The van der Waals surface area contributed by atoms with Gasteiger partial charge < -0.3 is 15.4 Å². The third kappa shape index (κ3) is 5.24. The fourth-order valence-corrected chi connectivity index (χ4v) is 3.44. The summed E-state index contributed by atoms with van der Waals surface area (Å²) in [6.45, 7) is 5.92. The predicted molar refractivity (Wildman–Crippen MR) is 103 cm³/mol. The van der Waals surface area contributed by atoms with Crippen LogP contribution in [0.15, 0.2) is 24.3 Å². The summed E-state index contributed by atoms with van der Waals surface area (Å²) in [6, 6.07) is 6.28. The zero-order valence-electron chi connectivity index (χ0n) is 15.5. The van der Waals surface area contributed by atoms with Gasteiger partial charge in [0.2, 0.25) is 11.8 Å². The Morgan fingerprint density at radius 2 is 1.56 bits per heavy atom. The van der Waals surface area contributed by atoms with Crippen LogP contribution in [0.5, 0.6) is 0 Å². The lowest BCUT2D eigenvalue weighted by Crippen LogP contribution is -2.16. The number of ether oxygens (including phenoxy) is 1. The maximum Gasteiger partial charge on any atom is 0.341 e. The summed E-state index contributed by atoms with van der Waals surface area (Å²) in [5.74, 6) is -1.53. The Morgan fingerprint density at radius 1 is 0.963 bits per heavy atom. The van der Waals surface area contributed by atoms with Crippen molar-refractivity contribution in [2.45, 2.75) is 27.7 Å². The Labute approximate surface area is 160 Å². The van der Waals surface area contributed by atoms with Gasteiger partial charge in [-0.2, -0.15) is 0 Å². The number of rotatable bonds is 6. The standard InChI is InChI=1S/C19H20N2O5S/c1-10-11(2)27-18(21-13(4)23)17(10)19(25)26-9-16(24)14-5-7-15(8-6-14)20-12(3)22/h5-8H,9H2,1-4H3,(H,20,22)(H,21,23). The summed E-state index contributed by atoms with van der Waals surface area (Å²) in [6.07, 6.45) is 0. The highest BCUT2D eigenvalue weighted by Crippen LogP contribution is 2.33. The molecule has 0 spiro atoms. The van der Waals surface area contributed by atoms with Crippen molar-refractivity contribution >= 4 is 45.6 Å². The highest BCUT2D eigenvalue weighted by Gasteiger charge is 2.22. The quantitative estimate of drug-likeness (QED) is 0.584. The van der Waals surface area contributed by atoms with Gasteiger partial charge in [0.1, 0.15) is 5.00 Å². The summed E-state index contributed by atoms with van der Waals surface area (Å²) in [5, 5.41) is 5.63. The average Bonchev–Trinajstić information content (AvgIpc) is 2.85. The highest BCUT2D eigenvalue weighted by atomic mass is 32.1. The Morgan fingerprint density at radius 3 is 2.11 bits per heavy atom. The molecule has 0 aliphatic rings. The molecule has 1 aromatic heterocycles. The Kier molecular flexibility index (Phi) is 6.46. The maximum absolute atomic E-state index is 12.4. The number of hydrogen-bond acceptors (Lipinski definition) is 6. The van der Waals surface area contributed by atoms with Crippen LogP contribution >= 0.6 is 11.3 Å². The lowest BCUT2D eigenvalue weighted by Gasteiger charge is -2.08. The SMILES string of the molecule is CC(=O)Nc1ccc(C(=O)COC(=O)c2c(NC(C)=O)sc(C)c2C)cc1. The van der Waals surface area contributed by atoms with E-state index in [1.807, 2.05) is 6.92 Å². The van der Waals surface area contributed by atoms with Crippen molar-refractivity contribution in [3.8, 4) is 0 Å². The van der Waals surface area contributed by atoms with E-state index < -0.39 is 12.6 Å². The molecule has 0 aliphatic carbocycles. The van der Waals surface area contributed by atoms with Crippen LogP contribution in [0.3, 0.4) is 0 Å². The molecule has 142 valence electrons. The van der Waals surface area contributed by atoms with Crippen LogP contribution in [0.4, 0.5) is 10.7 Å². The number of esters is 1. The van der Waals surface area contributed by atoms with Crippen LogP contribution in [0.1, 0.15) is 45.0 Å². The average molecular weight is 388 g/mol. The second kappa shape index (κ2) is 8.59. The number of benzene rings is 1. The lowest BCUT2D eigenvalue weighted by atomic mass is 10.1. The summed E-state index contributed by atoms with van der Waals surface area (Å²) >= 11 is 1.28. The highest BCUT2D eigenvalue weighted by molar-refractivity contribution is 7.16. The van der Waals surface area contributed by atoms with Gasteiger partial charge >= 0.3 is 5.97 Å². The Balaban J connectivity index is 2.06. The number of amides is 2. The number of anilines is 2. The molecule has 2 N–H and O–H groups in total. The van der Waals surface area contributed by atoms with E-state index in [4.69, 9.17) is 4.74 Å². The molecule has 1 heterocycles. The molecule has 8 heteroatoms. The zero-order valence-corrected chi connectivity index (χ0v) is 16.3. The van der Waals surface area contributed by atoms with Gasteiger partial charge in [-0.05, 0) is 43.7 Å². The van der Waals surface area contributed by atoms with Gasteiger partial charge in [-0.25, -0.2) is 4.79 Å². The number of hydrogen-bond donors (Lipinski definition) is 2. The molecule has 0 bridgehead atoms. The van der Waals surface area contributed by atoms with Crippen molar-refractivity contribution in [3.05, 3.63) is 45.8 Å². The van der Waals surface area contributed by atoms with Crippen LogP contribution < -0.4 is 10.6 Å². The number of nitrogens with one attached hydrogen (secondary N) is 2. The van der Waals surface area contributed by atoms with Crippen molar-refractivity contribution in [2.75, 3.05) is 17.2 Å². The first-order chi connectivity index (χ1) is 12.7. The number of carbonyl (C=O) groups excluding carboxylic acids is 4. The van der Waals surface area contributed by atoms with Crippen LogP contribution in [-0.4, -0.2) is 30.2 Å². The van der Waals surface area contributed by atoms with Crippen LogP contribution in [-0.2, 0) is 14.3 Å². The van der Waals surface area contributed by atoms with Crippen LogP contribution in [0.2, 0.25) is 0 Å². The lowest BCUT2D eigenvalue weighted by molar-refractivity contribution is -0.115. The Hall–Kier alpha value is -3.00. The van der Waals surface area contributed by atoms with Gasteiger partial charge in [0.25, 0.3) is 0 Å². The minimum Gasteiger partial charge on any atom is -0.454 e. The third-order valence-corrected chi connectivity index (χ3v) is 4.86. The summed E-state index contributed by atoms with van der Waals surface area (Å²) < 4.78 is 5.15. The van der Waals surface area contributed by atoms with Crippen molar-refractivity contribution in [1.29, 1.82) is 0 Å². The first-order valence-corrected chi connectivity index (χ1v) is 8.96. The van der Waals surface area contributed by atoms with Gasteiger partial charge in [0, 0.05) is 30.0 Å². The largest absolute Gasteiger partial charge is 0.454 e. The van der Waals surface area contributed by atoms with Crippen molar-refractivity contribution in [2.24, 2.45) is 0 Å². The van der Waals surface area contributed by atoms with E-state index in [2.05, 4.69) is 10.6 Å². The molecular weight excluding hydrogens is 368 g/mol. The molecule has 1 aromatic carbocycles. The molecule has 0 unspecified atom stereocenters. The first kappa shape index (κ1) is 20.3. The summed E-state index contributed by atoms with van der Waals surface area (Å²) in [4.78, 5) is 47.9. The molecule has 0 atom stereocenters. The summed E-state index contributed by atoms with van der Waals surface area (Å²) in [5.41, 5.74) is 1.90. The second-order valence-corrected chi connectivity index (χ2v) is 7.15. The van der Waals surface area contributed by atoms with Crippen LogP contribution in [0.25, 0.3) is 0 Å². The monoisotopic (exact) mass is 388 g/mol. The molecule has 2 amide bonds. The van der Waals surface area contributed by atoms with Crippen molar-refractivity contribution in [1.82, 2.24) is 0 Å².